The Kier molecular flexibility index (Phi) is 5.42. The lowest BCUT2D eigenvalue weighted by Crippen LogP contribution is -2.40. The highest BCUT2D eigenvalue weighted by atomic mass is 16.1. The summed E-state index contributed by atoms with van der Waals surface area (Å²) < 4.78 is 1.98. The lowest BCUT2D eigenvalue weighted by molar-refractivity contribution is -0.690. The predicted octanol–water partition coefficient (Wildman–Crippen LogP) is 3.18. The third-order valence-corrected chi connectivity index (χ3v) is 3.33. The van der Waals surface area contributed by atoms with Crippen LogP contribution in [0.3, 0.4) is 0 Å². The van der Waals surface area contributed by atoms with E-state index in [9.17, 15) is 4.79 Å². The van der Waals surface area contributed by atoms with Crippen LogP contribution in [0.1, 0.15) is 48.7 Å². The van der Waals surface area contributed by atoms with E-state index in [1.54, 1.807) is 12.4 Å². The summed E-state index contributed by atoms with van der Waals surface area (Å²) in [5.74, 6) is 0.183. The molecular weight excluding hydrogens is 248 g/mol. The second-order valence-electron chi connectivity index (χ2n) is 4.96. The lowest BCUT2D eigenvalue weighted by Gasteiger charge is -2.03. The van der Waals surface area contributed by atoms with Crippen LogP contribution >= 0.6 is 0 Å². The van der Waals surface area contributed by atoms with Crippen LogP contribution in [0.15, 0.2) is 48.9 Å². The Balaban J connectivity index is 2.11. The highest BCUT2D eigenvalue weighted by Gasteiger charge is 2.18. The van der Waals surface area contributed by atoms with Gasteiger partial charge in [0.1, 0.15) is 6.20 Å². The Morgan fingerprint density at radius 1 is 1.20 bits per heavy atom. The van der Waals surface area contributed by atoms with E-state index in [0.29, 0.717) is 18.7 Å². The third kappa shape index (κ3) is 3.98. The van der Waals surface area contributed by atoms with E-state index in [2.05, 4.69) is 24.0 Å². The van der Waals surface area contributed by atoms with Gasteiger partial charge in [-0.3, -0.25) is 9.78 Å². The van der Waals surface area contributed by atoms with Gasteiger partial charge in [-0.15, -0.1) is 0 Å². The van der Waals surface area contributed by atoms with Crippen LogP contribution in [-0.2, 0) is 6.54 Å². The van der Waals surface area contributed by atoms with Gasteiger partial charge in [0.05, 0.1) is 6.20 Å². The molecular formula is C17H21N2O+. The van der Waals surface area contributed by atoms with E-state index in [1.807, 2.05) is 29.0 Å². The number of rotatable bonds is 7. The van der Waals surface area contributed by atoms with Crippen molar-refractivity contribution >= 4 is 5.78 Å². The molecule has 2 rings (SSSR count). The second-order valence-corrected chi connectivity index (χ2v) is 4.96. The summed E-state index contributed by atoms with van der Waals surface area (Å²) in [5.41, 5.74) is 1.89. The summed E-state index contributed by atoms with van der Waals surface area (Å²) in [6.45, 7) is 2.85. The zero-order valence-corrected chi connectivity index (χ0v) is 12.0. The molecule has 1 aromatic heterocycles. The van der Waals surface area contributed by atoms with Gasteiger partial charge in [0.2, 0.25) is 5.78 Å². The van der Waals surface area contributed by atoms with Crippen LogP contribution in [0.4, 0.5) is 0 Å². The molecule has 1 aromatic carbocycles. The molecule has 0 saturated carbocycles. The van der Waals surface area contributed by atoms with Crippen molar-refractivity contribution in [3.05, 3.63) is 60.2 Å². The Bertz CT molecular complexity index is 552. The van der Waals surface area contributed by atoms with Gasteiger partial charge in [-0.2, -0.15) is 4.57 Å². The SMILES string of the molecule is CCCCCC(=O)c1cncc[n+]1Cc1ccccc1. The lowest BCUT2D eigenvalue weighted by atomic mass is 10.1. The Labute approximate surface area is 120 Å². The van der Waals surface area contributed by atoms with Crippen LogP contribution in [0, 0.1) is 0 Å². The number of Topliss-reactive ketones (excluding diaryl/α,β-unsaturated/α-hetero) is 1. The van der Waals surface area contributed by atoms with Crippen molar-refractivity contribution in [2.45, 2.75) is 39.2 Å². The molecule has 0 aliphatic heterocycles. The monoisotopic (exact) mass is 269 g/mol. The zero-order valence-electron chi connectivity index (χ0n) is 12.0. The fourth-order valence-electron chi connectivity index (χ4n) is 2.20. The highest BCUT2D eigenvalue weighted by Crippen LogP contribution is 2.05. The fraction of sp³-hybridized carbons (Fsp3) is 0.353. The average molecular weight is 269 g/mol. The number of ketones is 1. The quantitative estimate of drug-likeness (QED) is 0.439. The van der Waals surface area contributed by atoms with E-state index in [4.69, 9.17) is 0 Å². The molecule has 104 valence electrons. The molecule has 3 nitrogen and oxygen atoms in total. The minimum atomic E-state index is 0.183. The maximum Gasteiger partial charge on any atom is 0.267 e. The van der Waals surface area contributed by atoms with Crippen molar-refractivity contribution in [3.63, 3.8) is 0 Å². The summed E-state index contributed by atoms with van der Waals surface area (Å²) in [4.78, 5) is 16.4. The number of carbonyl (C=O) groups is 1. The minimum absolute atomic E-state index is 0.183. The smallest absolute Gasteiger partial charge is 0.267 e. The maximum atomic E-state index is 12.3. The number of hydrogen-bond donors (Lipinski definition) is 0. The average Bonchev–Trinajstić information content (AvgIpc) is 2.49. The molecule has 0 aliphatic rings. The molecule has 2 aromatic rings. The van der Waals surface area contributed by atoms with Crippen LogP contribution < -0.4 is 4.57 Å². The molecule has 0 N–H and O–H groups in total. The Hall–Kier alpha value is -2.03. The predicted molar refractivity (Wildman–Crippen MR) is 78.4 cm³/mol. The number of carbonyl (C=O) groups excluding carboxylic acids is 1. The molecule has 0 unspecified atom stereocenters. The molecule has 0 saturated heterocycles. The molecule has 0 atom stereocenters. The second kappa shape index (κ2) is 7.53. The highest BCUT2D eigenvalue weighted by molar-refractivity contribution is 5.92. The van der Waals surface area contributed by atoms with Crippen molar-refractivity contribution in [2.75, 3.05) is 0 Å². The number of nitrogens with zero attached hydrogens (tertiary/aromatic N) is 2. The Morgan fingerprint density at radius 2 is 2.00 bits per heavy atom. The molecule has 0 spiro atoms. The number of benzene rings is 1. The molecule has 3 heteroatoms. The Morgan fingerprint density at radius 3 is 2.75 bits per heavy atom. The minimum Gasteiger partial charge on any atom is -0.287 e. The maximum absolute atomic E-state index is 12.3. The van der Waals surface area contributed by atoms with Gasteiger partial charge < -0.3 is 0 Å². The molecule has 0 amide bonds. The largest absolute Gasteiger partial charge is 0.287 e. The first-order valence-electron chi connectivity index (χ1n) is 7.22. The van der Waals surface area contributed by atoms with Gasteiger partial charge in [-0.1, -0.05) is 50.1 Å². The van der Waals surface area contributed by atoms with E-state index >= 15 is 0 Å². The first kappa shape index (κ1) is 14.4. The molecule has 1 heterocycles. The van der Waals surface area contributed by atoms with Crippen molar-refractivity contribution in [1.82, 2.24) is 4.98 Å². The standard InChI is InChI=1S/C17H21N2O/c1-2-3-5-10-17(20)16-13-18-11-12-19(16)14-15-8-6-4-7-9-15/h4,6-9,11-13H,2-3,5,10,14H2,1H3/q+1. The number of unbranched alkanes of at least 4 members (excludes halogenated alkanes) is 2. The van der Waals surface area contributed by atoms with Gasteiger partial charge >= 0.3 is 0 Å². The van der Waals surface area contributed by atoms with Gasteiger partial charge in [-0.25, -0.2) is 0 Å². The summed E-state index contributed by atoms with van der Waals surface area (Å²) in [6.07, 6.45) is 9.07. The first-order chi connectivity index (χ1) is 9.81. The van der Waals surface area contributed by atoms with E-state index < -0.39 is 0 Å². The van der Waals surface area contributed by atoms with Crippen molar-refractivity contribution < 1.29 is 9.36 Å². The van der Waals surface area contributed by atoms with Crippen LogP contribution in [0.5, 0.6) is 0 Å². The van der Waals surface area contributed by atoms with Crippen molar-refractivity contribution in [3.8, 4) is 0 Å². The molecule has 0 aliphatic carbocycles. The fourth-order valence-corrected chi connectivity index (χ4v) is 2.20. The summed E-state index contributed by atoms with van der Waals surface area (Å²) in [5, 5.41) is 0. The molecule has 20 heavy (non-hydrogen) atoms. The van der Waals surface area contributed by atoms with E-state index in [0.717, 1.165) is 19.3 Å². The van der Waals surface area contributed by atoms with Crippen LogP contribution in [0.2, 0.25) is 0 Å². The first-order valence-corrected chi connectivity index (χ1v) is 7.22. The topological polar surface area (TPSA) is 33.8 Å². The van der Waals surface area contributed by atoms with Crippen molar-refractivity contribution in [1.29, 1.82) is 0 Å². The molecule has 0 fully saturated rings. The van der Waals surface area contributed by atoms with Gasteiger partial charge in [0, 0.05) is 12.0 Å². The van der Waals surface area contributed by atoms with Crippen molar-refractivity contribution in [2.24, 2.45) is 0 Å². The van der Waals surface area contributed by atoms with Gasteiger partial charge in [0.15, 0.2) is 12.7 Å². The van der Waals surface area contributed by atoms with E-state index in [1.165, 1.54) is 5.56 Å². The van der Waals surface area contributed by atoms with Crippen LogP contribution in [-0.4, -0.2) is 10.8 Å². The number of hydrogen-bond acceptors (Lipinski definition) is 2. The summed E-state index contributed by atoms with van der Waals surface area (Å²) >= 11 is 0. The number of aromatic nitrogens is 2. The normalized spacial score (nSPS) is 10.4. The molecule has 0 bridgehead atoms. The van der Waals surface area contributed by atoms with E-state index in [-0.39, 0.29) is 5.78 Å². The molecule has 0 radical (unpaired) electrons. The van der Waals surface area contributed by atoms with Crippen LogP contribution in [0.25, 0.3) is 0 Å². The van der Waals surface area contributed by atoms with Gasteiger partial charge in [-0.05, 0) is 6.42 Å². The summed E-state index contributed by atoms with van der Waals surface area (Å²) in [6, 6.07) is 10.2. The zero-order chi connectivity index (χ0) is 14.2. The summed E-state index contributed by atoms with van der Waals surface area (Å²) in [7, 11) is 0. The third-order valence-electron chi connectivity index (χ3n) is 3.33. The van der Waals surface area contributed by atoms with Gasteiger partial charge in [0.25, 0.3) is 5.69 Å².